The number of unbranched alkanes of at least 4 members (excludes halogenated alkanes) is 2. The molecule has 0 aliphatic heterocycles. The smallest absolute Gasteiger partial charge is 0.172 e. The molecule has 3 nitrogen and oxygen atoms in total. The highest BCUT2D eigenvalue weighted by Gasteiger charge is 2.12. The van der Waals surface area contributed by atoms with Crippen LogP contribution in [-0.2, 0) is 9.84 Å². The monoisotopic (exact) mass is 288 g/mol. The van der Waals surface area contributed by atoms with Crippen molar-refractivity contribution in [3.8, 4) is 0 Å². The Kier molecular flexibility index (Phi) is 6.57. The van der Waals surface area contributed by atoms with E-state index in [-0.39, 0.29) is 17.3 Å². The molecule has 5 heteroatoms. The van der Waals surface area contributed by atoms with Gasteiger partial charge in [0, 0.05) is 6.42 Å². The number of Topliss-reactive ketones (excluding diaryl/α,β-unsaturated/α-hetero) is 1. The Hall–Kier alpha value is -0.680. The summed E-state index contributed by atoms with van der Waals surface area (Å²) in [6.07, 6.45) is 3.47. The predicted octanol–water partition coefficient (Wildman–Crippen LogP) is 3.32. The quantitative estimate of drug-likeness (QED) is 0.517. The predicted molar refractivity (Wildman–Crippen MR) is 76.1 cm³/mol. The normalized spacial score (nSPS) is 11.6. The van der Waals surface area contributed by atoms with Crippen LogP contribution in [0.3, 0.4) is 0 Å². The molecule has 0 amide bonds. The van der Waals surface area contributed by atoms with Crippen LogP contribution in [0, 0.1) is 0 Å². The summed E-state index contributed by atoms with van der Waals surface area (Å²) in [7, 11) is -2.97. The first-order valence-electron chi connectivity index (χ1n) is 6.32. The van der Waals surface area contributed by atoms with Gasteiger partial charge in [0.25, 0.3) is 0 Å². The van der Waals surface area contributed by atoms with Crippen molar-refractivity contribution in [1.82, 2.24) is 0 Å². The van der Waals surface area contributed by atoms with Gasteiger partial charge in [0.2, 0.25) is 0 Å². The molecule has 1 aromatic rings. The largest absolute Gasteiger partial charge is 0.293 e. The van der Waals surface area contributed by atoms with Gasteiger partial charge in [-0.2, -0.15) is 0 Å². The Balaban J connectivity index is 2.26. The zero-order valence-electron chi connectivity index (χ0n) is 10.7. The van der Waals surface area contributed by atoms with Gasteiger partial charge in [-0.3, -0.25) is 4.79 Å². The summed E-state index contributed by atoms with van der Waals surface area (Å²) in [5.41, 5.74) is 0. The van der Waals surface area contributed by atoms with Gasteiger partial charge in [-0.15, -0.1) is 11.3 Å². The summed E-state index contributed by atoms with van der Waals surface area (Å²) < 4.78 is 23.3. The lowest BCUT2D eigenvalue weighted by Gasteiger charge is -2.03. The maximum Gasteiger partial charge on any atom is 0.172 e. The molecule has 102 valence electrons. The Morgan fingerprint density at radius 1 is 1.22 bits per heavy atom. The van der Waals surface area contributed by atoms with Gasteiger partial charge < -0.3 is 0 Å². The van der Waals surface area contributed by atoms with Crippen molar-refractivity contribution in [2.24, 2.45) is 0 Å². The molecule has 0 saturated carbocycles. The van der Waals surface area contributed by atoms with Crippen LogP contribution in [0.5, 0.6) is 0 Å². The van der Waals surface area contributed by atoms with Crippen molar-refractivity contribution in [1.29, 1.82) is 0 Å². The van der Waals surface area contributed by atoms with Crippen molar-refractivity contribution in [2.45, 2.75) is 39.0 Å². The number of ketones is 1. The van der Waals surface area contributed by atoms with Gasteiger partial charge in [0.15, 0.2) is 5.78 Å². The zero-order valence-corrected chi connectivity index (χ0v) is 12.4. The second-order valence-electron chi connectivity index (χ2n) is 4.36. The number of rotatable bonds is 9. The summed E-state index contributed by atoms with van der Waals surface area (Å²) in [6, 6.07) is 3.61. The first kappa shape index (κ1) is 15.4. The summed E-state index contributed by atoms with van der Waals surface area (Å²) >= 11 is 1.41. The summed E-state index contributed by atoms with van der Waals surface area (Å²) in [6.45, 7) is 2.05. The highest BCUT2D eigenvalue weighted by atomic mass is 32.2. The minimum absolute atomic E-state index is 0.0498. The standard InChI is InChI=1S/C13H20O3S2/c1-2-3-4-10-18(15,16)11-6-7-12(14)13-8-5-9-17-13/h5,8-9H,2-4,6-7,10-11H2,1H3. The van der Waals surface area contributed by atoms with Gasteiger partial charge >= 0.3 is 0 Å². The van der Waals surface area contributed by atoms with E-state index in [2.05, 4.69) is 0 Å². The van der Waals surface area contributed by atoms with E-state index in [1.165, 1.54) is 11.3 Å². The minimum atomic E-state index is -2.97. The topological polar surface area (TPSA) is 51.2 Å². The van der Waals surface area contributed by atoms with Crippen LogP contribution >= 0.6 is 11.3 Å². The van der Waals surface area contributed by atoms with Crippen molar-refractivity contribution in [3.63, 3.8) is 0 Å². The Morgan fingerprint density at radius 3 is 2.56 bits per heavy atom. The van der Waals surface area contributed by atoms with E-state index in [4.69, 9.17) is 0 Å². The third-order valence-electron chi connectivity index (χ3n) is 2.71. The van der Waals surface area contributed by atoms with Crippen LogP contribution in [0.15, 0.2) is 17.5 Å². The van der Waals surface area contributed by atoms with Gasteiger partial charge in [-0.25, -0.2) is 8.42 Å². The second kappa shape index (κ2) is 7.69. The Labute approximate surface area is 113 Å². The molecule has 0 N–H and O–H groups in total. The third-order valence-corrected chi connectivity index (χ3v) is 5.45. The summed E-state index contributed by atoms with van der Waals surface area (Å²) in [5, 5.41) is 1.86. The van der Waals surface area contributed by atoms with E-state index < -0.39 is 9.84 Å². The van der Waals surface area contributed by atoms with Crippen LogP contribution in [0.4, 0.5) is 0 Å². The number of thiophene rings is 1. The molecule has 1 heterocycles. The number of hydrogen-bond acceptors (Lipinski definition) is 4. The van der Waals surface area contributed by atoms with Gasteiger partial charge in [0.05, 0.1) is 16.4 Å². The fourth-order valence-electron chi connectivity index (χ4n) is 1.69. The van der Waals surface area contributed by atoms with Crippen LogP contribution in [0.1, 0.15) is 48.7 Å². The average molecular weight is 288 g/mol. The molecule has 0 radical (unpaired) electrons. The van der Waals surface area contributed by atoms with E-state index in [9.17, 15) is 13.2 Å². The van der Waals surface area contributed by atoms with Crippen molar-refractivity contribution in [2.75, 3.05) is 11.5 Å². The van der Waals surface area contributed by atoms with Gasteiger partial charge in [-0.1, -0.05) is 25.8 Å². The molecule has 0 bridgehead atoms. The van der Waals surface area contributed by atoms with Gasteiger partial charge in [-0.05, 0) is 24.3 Å². The van der Waals surface area contributed by atoms with E-state index >= 15 is 0 Å². The fourth-order valence-corrected chi connectivity index (χ4v) is 3.81. The number of carbonyl (C=O) groups excluding carboxylic acids is 1. The molecule has 0 spiro atoms. The molecular weight excluding hydrogens is 268 g/mol. The molecule has 0 aromatic carbocycles. The molecule has 0 atom stereocenters. The summed E-state index contributed by atoms with van der Waals surface area (Å²) in [5.74, 6) is 0.441. The maximum absolute atomic E-state index is 11.7. The van der Waals surface area contributed by atoms with E-state index in [0.29, 0.717) is 12.8 Å². The fraction of sp³-hybridized carbons (Fsp3) is 0.615. The maximum atomic E-state index is 11.7. The first-order valence-corrected chi connectivity index (χ1v) is 9.02. The van der Waals surface area contributed by atoms with E-state index in [1.54, 1.807) is 6.07 Å². The van der Waals surface area contributed by atoms with Crippen LogP contribution in [-0.4, -0.2) is 25.7 Å². The molecule has 18 heavy (non-hydrogen) atoms. The summed E-state index contributed by atoms with van der Waals surface area (Å²) in [4.78, 5) is 12.4. The number of carbonyl (C=O) groups is 1. The lowest BCUT2D eigenvalue weighted by molar-refractivity contribution is 0.0986. The SMILES string of the molecule is CCCCCS(=O)(=O)CCCC(=O)c1cccs1. The highest BCUT2D eigenvalue weighted by Crippen LogP contribution is 2.13. The zero-order chi connectivity index (χ0) is 13.4. The Morgan fingerprint density at radius 2 is 1.94 bits per heavy atom. The molecule has 1 rings (SSSR count). The van der Waals surface area contributed by atoms with Crippen LogP contribution in [0.25, 0.3) is 0 Å². The Bertz CT molecular complexity index is 447. The molecule has 0 aliphatic carbocycles. The lowest BCUT2D eigenvalue weighted by atomic mass is 10.2. The van der Waals surface area contributed by atoms with E-state index in [0.717, 1.165) is 24.1 Å². The van der Waals surface area contributed by atoms with Crippen LogP contribution < -0.4 is 0 Å². The van der Waals surface area contributed by atoms with Gasteiger partial charge in [0.1, 0.15) is 9.84 Å². The number of hydrogen-bond donors (Lipinski definition) is 0. The average Bonchev–Trinajstić information content (AvgIpc) is 2.82. The van der Waals surface area contributed by atoms with Crippen LogP contribution in [0.2, 0.25) is 0 Å². The molecule has 1 aromatic heterocycles. The molecule has 0 unspecified atom stereocenters. The van der Waals surface area contributed by atoms with Crippen molar-refractivity contribution in [3.05, 3.63) is 22.4 Å². The molecular formula is C13H20O3S2. The molecule has 0 aliphatic rings. The first-order chi connectivity index (χ1) is 8.55. The molecule has 0 saturated heterocycles. The molecule has 0 fully saturated rings. The number of sulfone groups is 1. The third kappa shape index (κ3) is 5.78. The lowest BCUT2D eigenvalue weighted by Crippen LogP contribution is -2.12. The van der Waals surface area contributed by atoms with Crippen molar-refractivity contribution < 1.29 is 13.2 Å². The van der Waals surface area contributed by atoms with Crippen molar-refractivity contribution >= 4 is 27.0 Å². The minimum Gasteiger partial charge on any atom is -0.293 e. The second-order valence-corrected chi connectivity index (χ2v) is 7.61. The van der Waals surface area contributed by atoms with E-state index in [1.807, 2.05) is 18.4 Å². The highest BCUT2D eigenvalue weighted by molar-refractivity contribution is 7.91.